The Kier molecular flexibility index (Phi) is 3.52. The van der Waals surface area contributed by atoms with Crippen molar-refractivity contribution >= 4 is 11.7 Å². The number of carbonyl (C=O) groups excluding carboxylic acids is 1. The maximum absolute atomic E-state index is 11.5. The topological polar surface area (TPSA) is 53.3 Å². The first kappa shape index (κ1) is 12.4. The second-order valence-electron chi connectivity index (χ2n) is 4.54. The highest BCUT2D eigenvalue weighted by Crippen LogP contribution is 2.32. The maximum Gasteiger partial charge on any atom is 0.324 e. The number of para-hydroxylation sites is 1. The van der Waals surface area contributed by atoms with Crippen LogP contribution in [0.5, 0.6) is 0 Å². The molecule has 0 radical (unpaired) electrons. The summed E-state index contributed by atoms with van der Waals surface area (Å²) in [6.07, 6.45) is 0.954. The van der Waals surface area contributed by atoms with Crippen molar-refractivity contribution in [2.24, 2.45) is 5.92 Å². The lowest BCUT2D eigenvalue weighted by Crippen LogP contribution is -2.36. The molecule has 4 nitrogen and oxygen atoms in total. The molecule has 1 aliphatic rings. The molecule has 0 aliphatic carbocycles. The number of nitrogens with zero attached hydrogens (tertiary/aromatic N) is 2. The third kappa shape index (κ3) is 2.17. The van der Waals surface area contributed by atoms with E-state index >= 15 is 0 Å². The molecule has 0 aromatic heterocycles. The van der Waals surface area contributed by atoms with Gasteiger partial charge in [-0.3, -0.25) is 4.79 Å². The molecule has 1 aromatic carbocycles. The first-order chi connectivity index (χ1) is 8.67. The van der Waals surface area contributed by atoms with Gasteiger partial charge < -0.3 is 9.64 Å². The average Bonchev–Trinajstić information content (AvgIpc) is 2.71. The number of methoxy groups -OCH3 is 1. The Bertz CT molecular complexity index is 493. The van der Waals surface area contributed by atoms with E-state index in [-0.39, 0.29) is 0 Å². The Morgan fingerprint density at radius 3 is 3.00 bits per heavy atom. The molecule has 1 heterocycles. The molecule has 1 aromatic rings. The Morgan fingerprint density at radius 1 is 1.61 bits per heavy atom. The minimum atomic E-state index is -0.733. The molecule has 2 unspecified atom stereocenters. The minimum absolute atomic E-state index is 0.308. The van der Waals surface area contributed by atoms with Crippen LogP contribution in [-0.4, -0.2) is 25.7 Å². The van der Waals surface area contributed by atoms with Crippen molar-refractivity contribution in [3.05, 3.63) is 29.8 Å². The van der Waals surface area contributed by atoms with Gasteiger partial charge in [0.05, 0.1) is 13.2 Å². The van der Waals surface area contributed by atoms with E-state index in [0.29, 0.717) is 12.6 Å². The van der Waals surface area contributed by atoms with Gasteiger partial charge in [0.15, 0.2) is 5.92 Å². The van der Waals surface area contributed by atoms with E-state index in [2.05, 4.69) is 22.6 Å². The standard InChI is InChI=1S/C14H16N2O2/c1-10-7-11-5-3-4-6-13(11)16(10)9-12(8-15)14(17)18-2/h3-6,10,12H,7,9H2,1-2H3. The highest BCUT2D eigenvalue weighted by atomic mass is 16.5. The van der Waals surface area contributed by atoms with Crippen LogP contribution in [0.25, 0.3) is 0 Å². The zero-order chi connectivity index (χ0) is 13.1. The molecule has 0 saturated carbocycles. The number of benzene rings is 1. The number of hydrogen-bond donors (Lipinski definition) is 0. The van der Waals surface area contributed by atoms with E-state index in [4.69, 9.17) is 5.26 Å². The zero-order valence-electron chi connectivity index (χ0n) is 10.6. The predicted octanol–water partition coefficient (Wildman–Crippen LogP) is 1.75. The Hall–Kier alpha value is -2.02. The van der Waals surface area contributed by atoms with Gasteiger partial charge in [-0.1, -0.05) is 18.2 Å². The molecule has 0 saturated heterocycles. The molecular formula is C14H16N2O2. The lowest BCUT2D eigenvalue weighted by Gasteiger charge is -2.26. The van der Waals surface area contributed by atoms with Crippen LogP contribution >= 0.6 is 0 Å². The number of ether oxygens (including phenoxy) is 1. The Labute approximate surface area is 107 Å². The van der Waals surface area contributed by atoms with Crippen LogP contribution in [0, 0.1) is 17.2 Å². The molecule has 0 N–H and O–H groups in total. The fourth-order valence-corrected chi connectivity index (χ4v) is 2.41. The predicted molar refractivity (Wildman–Crippen MR) is 68.1 cm³/mol. The Morgan fingerprint density at radius 2 is 2.33 bits per heavy atom. The van der Waals surface area contributed by atoms with Crippen LogP contribution in [0.2, 0.25) is 0 Å². The summed E-state index contributed by atoms with van der Waals surface area (Å²) in [4.78, 5) is 13.6. The van der Waals surface area contributed by atoms with Gasteiger partial charge in [0.1, 0.15) is 0 Å². The summed E-state index contributed by atoms with van der Waals surface area (Å²) in [5.41, 5.74) is 2.39. The molecule has 94 valence electrons. The van der Waals surface area contributed by atoms with Gasteiger partial charge in [0.25, 0.3) is 0 Å². The summed E-state index contributed by atoms with van der Waals surface area (Å²) in [6, 6.07) is 10.4. The zero-order valence-corrected chi connectivity index (χ0v) is 10.6. The van der Waals surface area contributed by atoms with Crippen LogP contribution in [0.1, 0.15) is 12.5 Å². The maximum atomic E-state index is 11.5. The molecule has 2 atom stereocenters. The van der Waals surface area contributed by atoms with Crippen LogP contribution in [0.3, 0.4) is 0 Å². The summed E-state index contributed by atoms with van der Waals surface area (Å²) in [7, 11) is 1.31. The third-order valence-corrected chi connectivity index (χ3v) is 3.37. The van der Waals surface area contributed by atoms with E-state index < -0.39 is 11.9 Å². The van der Waals surface area contributed by atoms with Crippen molar-refractivity contribution in [2.75, 3.05) is 18.6 Å². The van der Waals surface area contributed by atoms with E-state index in [1.54, 1.807) is 0 Å². The second kappa shape index (κ2) is 5.09. The molecule has 1 aliphatic heterocycles. The Balaban J connectivity index is 2.19. The SMILES string of the molecule is COC(=O)C(C#N)CN1c2ccccc2CC1C. The average molecular weight is 244 g/mol. The van der Waals surface area contributed by atoms with Crippen molar-refractivity contribution in [1.82, 2.24) is 0 Å². The molecule has 0 fully saturated rings. The van der Waals surface area contributed by atoms with Crippen LogP contribution < -0.4 is 4.90 Å². The highest BCUT2D eigenvalue weighted by molar-refractivity contribution is 5.76. The van der Waals surface area contributed by atoms with Gasteiger partial charge in [-0.05, 0) is 25.0 Å². The quantitative estimate of drug-likeness (QED) is 0.760. The summed E-state index contributed by atoms with van der Waals surface area (Å²) in [5, 5.41) is 9.04. The van der Waals surface area contributed by atoms with Gasteiger partial charge >= 0.3 is 5.97 Å². The highest BCUT2D eigenvalue weighted by Gasteiger charge is 2.30. The molecule has 2 rings (SSSR count). The number of fused-ring (bicyclic) bond motifs is 1. The van der Waals surface area contributed by atoms with Gasteiger partial charge in [0, 0.05) is 18.3 Å². The van der Waals surface area contributed by atoms with E-state index in [1.807, 2.05) is 24.3 Å². The summed E-state index contributed by atoms with van der Waals surface area (Å²) < 4.78 is 4.65. The van der Waals surface area contributed by atoms with Gasteiger partial charge in [0.2, 0.25) is 0 Å². The van der Waals surface area contributed by atoms with Gasteiger partial charge in [-0.15, -0.1) is 0 Å². The van der Waals surface area contributed by atoms with Crippen LogP contribution in [0.15, 0.2) is 24.3 Å². The molecule has 0 amide bonds. The number of nitriles is 1. The smallest absolute Gasteiger partial charge is 0.324 e. The number of esters is 1. The fourth-order valence-electron chi connectivity index (χ4n) is 2.41. The van der Waals surface area contributed by atoms with Gasteiger partial charge in [-0.2, -0.15) is 5.26 Å². The normalized spacial score (nSPS) is 18.9. The van der Waals surface area contributed by atoms with Crippen molar-refractivity contribution in [3.63, 3.8) is 0 Å². The number of hydrogen-bond acceptors (Lipinski definition) is 4. The van der Waals surface area contributed by atoms with E-state index in [9.17, 15) is 4.79 Å². The lowest BCUT2D eigenvalue weighted by atomic mass is 10.1. The molecular weight excluding hydrogens is 228 g/mol. The van der Waals surface area contributed by atoms with Crippen molar-refractivity contribution in [3.8, 4) is 6.07 Å². The van der Waals surface area contributed by atoms with Crippen LogP contribution in [-0.2, 0) is 16.0 Å². The fraction of sp³-hybridized carbons (Fsp3) is 0.429. The van der Waals surface area contributed by atoms with E-state index in [0.717, 1.165) is 12.1 Å². The molecule has 18 heavy (non-hydrogen) atoms. The number of rotatable bonds is 3. The van der Waals surface area contributed by atoms with E-state index in [1.165, 1.54) is 12.7 Å². The number of anilines is 1. The monoisotopic (exact) mass is 244 g/mol. The first-order valence-corrected chi connectivity index (χ1v) is 5.99. The van der Waals surface area contributed by atoms with Crippen molar-refractivity contribution in [1.29, 1.82) is 5.26 Å². The molecule has 4 heteroatoms. The number of carbonyl (C=O) groups is 1. The third-order valence-electron chi connectivity index (χ3n) is 3.37. The van der Waals surface area contributed by atoms with Crippen molar-refractivity contribution < 1.29 is 9.53 Å². The minimum Gasteiger partial charge on any atom is -0.468 e. The lowest BCUT2D eigenvalue weighted by molar-refractivity contribution is -0.143. The molecule has 0 spiro atoms. The summed E-state index contributed by atoms with van der Waals surface area (Å²) >= 11 is 0. The van der Waals surface area contributed by atoms with Gasteiger partial charge in [-0.25, -0.2) is 0 Å². The summed E-state index contributed by atoms with van der Waals surface area (Å²) in [6.45, 7) is 2.49. The van der Waals surface area contributed by atoms with Crippen LogP contribution in [0.4, 0.5) is 5.69 Å². The summed E-state index contributed by atoms with van der Waals surface area (Å²) in [5.74, 6) is -1.20. The molecule has 0 bridgehead atoms. The largest absolute Gasteiger partial charge is 0.468 e. The van der Waals surface area contributed by atoms with Crippen molar-refractivity contribution in [2.45, 2.75) is 19.4 Å². The second-order valence-corrected chi connectivity index (χ2v) is 4.54. The first-order valence-electron chi connectivity index (χ1n) is 5.99.